The van der Waals surface area contributed by atoms with Crippen molar-refractivity contribution in [3.63, 3.8) is 0 Å². The fourth-order valence-corrected chi connectivity index (χ4v) is 5.71. The van der Waals surface area contributed by atoms with Crippen molar-refractivity contribution in [3.8, 4) is 11.5 Å². The standard InChI is InChI=1S/C24H32N2O5S/c1-3-32(28,29)18-15-19(22-20(16-18)30-13-8-14-31-22)23(27)26-24(2,21-11-7-12-25-21)17-9-5-4-6-10-17/h8-9,14-16,21,25H,3-7,10-13H2,1-2H3,(H,26,27). The number of ether oxygens (including phenoxy) is 2. The van der Waals surface area contributed by atoms with E-state index in [1.54, 1.807) is 13.0 Å². The normalized spacial score (nSPS) is 22.6. The summed E-state index contributed by atoms with van der Waals surface area (Å²) in [5, 5.41) is 6.81. The van der Waals surface area contributed by atoms with Gasteiger partial charge in [-0.2, -0.15) is 0 Å². The number of hydrogen-bond donors (Lipinski definition) is 2. The first-order valence-corrected chi connectivity index (χ1v) is 13.1. The molecule has 0 bridgehead atoms. The van der Waals surface area contributed by atoms with Crippen molar-refractivity contribution in [2.24, 2.45) is 0 Å². The minimum absolute atomic E-state index is 0.0620. The van der Waals surface area contributed by atoms with E-state index in [0.717, 1.165) is 45.1 Å². The predicted octanol–water partition coefficient (Wildman–Crippen LogP) is 3.51. The number of carbonyl (C=O) groups excluding carboxylic acids is 1. The number of amides is 1. The zero-order valence-electron chi connectivity index (χ0n) is 18.8. The second-order valence-electron chi connectivity index (χ2n) is 8.78. The van der Waals surface area contributed by atoms with Crippen molar-refractivity contribution in [2.75, 3.05) is 18.9 Å². The molecule has 1 saturated heterocycles. The molecule has 0 spiro atoms. The maximum Gasteiger partial charge on any atom is 0.255 e. The van der Waals surface area contributed by atoms with E-state index in [1.807, 2.05) is 0 Å². The molecule has 2 heterocycles. The molecule has 1 aliphatic carbocycles. The molecular formula is C24H32N2O5S. The summed E-state index contributed by atoms with van der Waals surface area (Å²) in [6.07, 6.45) is 11.6. The van der Waals surface area contributed by atoms with Crippen LogP contribution in [0.15, 0.2) is 41.0 Å². The van der Waals surface area contributed by atoms with Crippen LogP contribution in [0.4, 0.5) is 0 Å². The van der Waals surface area contributed by atoms with Gasteiger partial charge >= 0.3 is 0 Å². The second-order valence-corrected chi connectivity index (χ2v) is 11.1. The highest BCUT2D eigenvalue weighted by atomic mass is 32.2. The van der Waals surface area contributed by atoms with Gasteiger partial charge in [-0.1, -0.05) is 13.0 Å². The molecule has 0 radical (unpaired) electrons. The molecule has 2 atom stereocenters. The highest BCUT2D eigenvalue weighted by Gasteiger charge is 2.41. The van der Waals surface area contributed by atoms with Crippen LogP contribution in [0.1, 0.15) is 62.7 Å². The third-order valence-corrected chi connectivity index (χ3v) is 8.43. The van der Waals surface area contributed by atoms with Gasteiger partial charge in [-0.15, -0.1) is 0 Å². The van der Waals surface area contributed by atoms with E-state index in [4.69, 9.17) is 9.47 Å². The summed E-state index contributed by atoms with van der Waals surface area (Å²) < 4.78 is 36.6. The molecule has 3 aliphatic rings. The Morgan fingerprint density at radius 3 is 2.81 bits per heavy atom. The van der Waals surface area contributed by atoms with Crippen LogP contribution in [0.5, 0.6) is 11.5 Å². The molecule has 0 saturated carbocycles. The van der Waals surface area contributed by atoms with Gasteiger partial charge in [0.05, 0.1) is 28.0 Å². The summed E-state index contributed by atoms with van der Waals surface area (Å²) in [4.78, 5) is 13.8. The molecule has 1 fully saturated rings. The van der Waals surface area contributed by atoms with Gasteiger partial charge in [-0.25, -0.2) is 8.42 Å². The zero-order chi connectivity index (χ0) is 22.8. The van der Waals surface area contributed by atoms with Gasteiger partial charge in [0.2, 0.25) is 0 Å². The molecular weight excluding hydrogens is 428 g/mol. The lowest BCUT2D eigenvalue weighted by Gasteiger charge is -2.40. The molecule has 2 N–H and O–H groups in total. The maximum atomic E-state index is 13.7. The van der Waals surface area contributed by atoms with E-state index in [-0.39, 0.29) is 46.3 Å². The van der Waals surface area contributed by atoms with Gasteiger partial charge in [0.25, 0.3) is 5.91 Å². The van der Waals surface area contributed by atoms with Crippen molar-refractivity contribution in [1.29, 1.82) is 0 Å². The Hall–Kier alpha value is -2.32. The van der Waals surface area contributed by atoms with Crippen molar-refractivity contribution in [2.45, 2.75) is 68.8 Å². The van der Waals surface area contributed by atoms with E-state index in [2.05, 4.69) is 23.6 Å². The fraction of sp³-hybridized carbons (Fsp3) is 0.542. The molecule has 1 aromatic carbocycles. The first-order valence-electron chi connectivity index (χ1n) is 11.5. The molecule has 2 unspecified atom stereocenters. The third-order valence-electron chi connectivity index (χ3n) is 6.72. The Balaban J connectivity index is 1.76. The van der Waals surface area contributed by atoms with Crippen LogP contribution >= 0.6 is 0 Å². The molecule has 1 aromatic rings. The van der Waals surface area contributed by atoms with E-state index in [0.29, 0.717) is 0 Å². The zero-order valence-corrected chi connectivity index (χ0v) is 19.6. The number of rotatable bonds is 6. The van der Waals surface area contributed by atoms with Crippen molar-refractivity contribution < 1.29 is 22.7 Å². The van der Waals surface area contributed by atoms with Gasteiger partial charge in [-0.05, 0) is 69.7 Å². The first kappa shape index (κ1) is 22.9. The monoisotopic (exact) mass is 460 g/mol. The van der Waals surface area contributed by atoms with Gasteiger partial charge in [0.1, 0.15) is 6.61 Å². The fourth-order valence-electron chi connectivity index (χ4n) is 4.80. The summed E-state index contributed by atoms with van der Waals surface area (Å²) in [6, 6.07) is 2.97. The lowest BCUT2D eigenvalue weighted by molar-refractivity contribution is 0.0898. The number of benzene rings is 1. The molecule has 0 aromatic heterocycles. The Kier molecular flexibility index (Phi) is 6.62. The Morgan fingerprint density at radius 1 is 1.28 bits per heavy atom. The number of carbonyl (C=O) groups is 1. The van der Waals surface area contributed by atoms with Gasteiger partial charge in [0, 0.05) is 12.1 Å². The van der Waals surface area contributed by atoms with E-state index in [1.165, 1.54) is 24.0 Å². The van der Waals surface area contributed by atoms with Crippen LogP contribution in [0.3, 0.4) is 0 Å². The minimum atomic E-state index is -3.54. The van der Waals surface area contributed by atoms with Crippen molar-refractivity contribution >= 4 is 15.7 Å². The van der Waals surface area contributed by atoms with Crippen LogP contribution < -0.4 is 20.1 Å². The van der Waals surface area contributed by atoms with Gasteiger partial charge < -0.3 is 20.1 Å². The Bertz CT molecular complexity index is 1040. The smallest absolute Gasteiger partial charge is 0.255 e. The molecule has 32 heavy (non-hydrogen) atoms. The summed E-state index contributed by atoms with van der Waals surface area (Å²) in [5.41, 5.74) is 0.834. The molecule has 8 heteroatoms. The topological polar surface area (TPSA) is 93.7 Å². The number of allylic oxidation sites excluding steroid dienone is 1. The number of hydrogen-bond acceptors (Lipinski definition) is 6. The number of fused-ring (bicyclic) bond motifs is 1. The van der Waals surface area contributed by atoms with E-state index in [9.17, 15) is 13.2 Å². The number of nitrogens with one attached hydrogen (secondary N) is 2. The van der Waals surface area contributed by atoms with Crippen LogP contribution in [-0.4, -0.2) is 44.8 Å². The molecule has 1 amide bonds. The average Bonchev–Trinajstić information content (AvgIpc) is 3.25. The van der Waals surface area contributed by atoms with Crippen molar-refractivity contribution in [1.82, 2.24) is 10.6 Å². The van der Waals surface area contributed by atoms with Crippen LogP contribution in [0.25, 0.3) is 0 Å². The summed E-state index contributed by atoms with van der Waals surface area (Å²) >= 11 is 0. The van der Waals surface area contributed by atoms with Crippen LogP contribution in [-0.2, 0) is 9.84 Å². The Morgan fingerprint density at radius 2 is 2.12 bits per heavy atom. The summed E-state index contributed by atoms with van der Waals surface area (Å²) in [5.74, 6) is 0.0663. The SMILES string of the molecule is CCS(=O)(=O)c1cc2c(c(C(=O)NC(C)(C3=CCCCC3)C3CCCN3)c1)OC=CCO2. The first-order chi connectivity index (χ1) is 15.3. The largest absolute Gasteiger partial charge is 0.485 e. The molecule has 7 nitrogen and oxygen atoms in total. The highest BCUT2D eigenvalue weighted by molar-refractivity contribution is 7.91. The lowest BCUT2D eigenvalue weighted by Crippen LogP contribution is -2.59. The molecule has 174 valence electrons. The molecule has 4 rings (SSSR count). The van der Waals surface area contributed by atoms with E-state index >= 15 is 0 Å². The lowest BCUT2D eigenvalue weighted by atomic mass is 9.78. The van der Waals surface area contributed by atoms with Gasteiger partial charge in [-0.3, -0.25) is 4.79 Å². The van der Waals surface area contributed by atoms with Crippen LogP contribution in [0.2, 0.25) is 0 Å². The van der Waals surface area contributed by atoms with Crippen molar-refractivity contribution in [3.05, 3.63) is 41.7 Å². The summed E-state index contributed by atoms with van der Waals surface area (Å²) in [6.45, 7) is 4.82. The molecule has 2 aliphatic heterocycles. The third kappa shape index (κ3) is 4.43. The van der Waals surface area contributed by atoms with Crippen LogP contribution in [0, 0.1) is 0 Å². The average molecular weight is 461 g/mol. The predicted molar refractivity (Wildman–Crippen MR) is 123 cm³/mol. The summed E-state index contributed by atoms with van der Waals surface area (Å²) in [7, 11) is -3.54. The van der Waals surface area contributed by atoms with E-state index < -0.39 is 15.4 Å². The maximum absolute atomic E-state index is 13.7. The number of sulfone groups is 1. The second kappa shape index (κ2) is 9.27. The van der Waals surface area contributed by atoms with Gasteiger partial charge in [0.15, 0.2) is 21.3 Å². The quantitative estimate of drug-likeness (QED) is 0.631. The minimum Gasteiger partial charge on any atom is -0.485 e. The highest BCUT2D eigenvalue weighted by Crippen LogP contribution is 2.38. The Labute approximate surface area is 190 Å².